The lowest BCUT2D eigenvalue weighted by Gasteiger charge is -2.22. The van der Waals surface area contributed by atoms with Crippen LogP contribution in [0.5, 0.6) is 0 Å². The van der Waals surface area contributed by atoms with Crippen molar-refractivity contribution in [3.8, 4) is 6.07 Å². The van der Waals surface area contributed by atoms with Crippen LogP contribution in [0.1, 0.15) is 13.3 Å². The molecule has 3 nitrogen and oxygen atoms in total. The lowest BCUT2D eigenvalue weighted by Crippen LogP contribution is -2.27. The molecule has 1 aromatic rings. The minimum atomic E-state index is 0.470. The van der Waals surface area contributed by atoms with Crippen LogP contribution >= 0.6 is 0 Å². The fourth-order valence-corrected chi connectivity index (χ4v) is 1.50. The van der Waals surface area contributed by atoms with Crippen molar-refractivity contribution in [2.75, 3.05) is 31.2 Å². The van der Waals surface area contributed by atoms with E-state index in [2.05, 4.69) is 30.0 Å². The van der Waals surface area contributed by atoms with Crippen molar-refractivity contribution in [1.29, 1.82) is 5.26 Å². The molecule has 86 valence electrons. The summed E-state index contributed by atoms with van der Waals surface area (Å²) in [6.07, 6.45) is 0.470. The lowest BCUT2D eigenvalue weighted by atomic mass is 10.3. The van der Waals surface area contributed by atoms with Crippen LogP contribution in [0, 0.1) is 11.3 Å². The molecular formula is C13H18N2O. The van der Waals surface area contributed by atoms with E-state index in [4.69, 9.17) is 10.00 Å². The Bertz CT molecular complexity index is 318. The largest absolute Gasteiger partial charge is 0.379 e. The van der Waals surface area contributed by atoms with Gasteiger partial charge in [0.15, 0.2) is 0 Å². The van der Waals surface area contributed by atoms with Gasteiger partial charge in [0, 0.05) is 18.8 Å². The summed E-state index contributed by atoms with van der Waals surface area (Å²) >= 11 is 0. The summed E-state index contributed by atoms with van der Waals surface area (Å²) in [4.78, 5) is 2.26. The van der Waals surface area contributed by atoms with E-state index in [1.165, 1.54) is 5.69 Å². The smallest absolute Gasteiger partial charge is 0.0645 e. The fourth-order valence-electron chi connectivity index (χ4n) is 1.50. The van der Waals surface area contributed by atoms with Crippen LogP contribution in [0.25, 0.3) is 0 Å². The molecule has 0 bridgehead atoms. The van der Waals surface area contributed by atoms with Gasteiger partial charge in [0.05, 0.1) is 25.7 Å². The molecule has 0 saturated carbocycles. The molecule has 0 N–H and O–H groups in total. The van der Waals surface area contributed by atoms with Crippen molar-refractivity contribution in [2.45, 2.75) is 13.3 Å². The van der Waals surface area contributed by atoms with Crippen LogP contribution in [-0.2, 0) is 4.74 Å². The number of likely N-dealkylation sites (N-methyl/N-ethyl adjacent to an activating group) is 1. The van der Waals surface area contributed by atoms with Gasteiger partial charge in [-0.3, -0.25) is 0 Å². The van der Waals surface area contributed by atoms with Crippen molar-refractivity contribution in [2.24, 2.45) is 0 Å². The van der Waals surface area contributed by atoms with E-state index in [0.29, 0.717) is 19.6 Å². The minimum Gasteiger partial charge on any atom is -0.379 e. The molecule has 0 amide bonds. The summed E-state index contributed by atoms with van der Waals surface area (Å²) in [5.74, 6) is 0. The van der Waals surface area contributed by atoms with Gasteiger partial charge in [0.1, 0.15) is 0 Å². The quantitative estimate of drug-likeness (QED) is 0.659. The molecule has 0 saturated heterocycles. The topological polar surface area (TPSA) is 36.3 Å². The molecule has 1 rings (SSSR count). The van der Waals surface area contributed by atoms with Crippen LogP contribution in [0.3, 0.4) is 0 Å². The first-order chi connectivity index (χ1) is 7.88. The highest BCUT2D eigenvalue weighted by molar-refractivity contribution is 5.45. The molecule has 0 heterocycles. The SMILES string of the molecule is CCN(CCOCCC#N)c1ccccc1. The second-order valence-corrected chi connectivity index (χ2v) is 3.44. The van der Waals surface area contributed by atoms with Gasteiger partial charge in [0.2, 0.25) is 0 Å². The Morgan fingerprint density at radius 3 is 2.62 bits per heavy atom. The van der Waals surface area contributed by atoms with Crippen molar-refractivity contribution >= 4 is 5.69 Å². The van der Waals surface area contributed by atoms with Crippen LogP contribution in [0.4, 0.5) is 5.69 Å². The standard InChI is InChI=1S/C13H18N2O/c1-2-15(10-12-16-11-6-9-14)13-7-4-3-5-8-13/h3-5,7-8H,2,6,10-12H2,1H3. The van der Waals surface area contributed by atoms with Crippen molar-refractivity contribution in [3.05, 3.63) is 30.3 Å². The molecular weight excluding hydrogens is 200 g/mol. The molecule has 0 spiro atoms. The third kappa shape index (κ3) is 4.33. The van der Waals surface area contributed by atoms with Crippen LogP contribution in [0.15, 0.2) is 30.3 Å². The van der Waals surface area contributed by atoms with Crippen molar-refractivity contribution < 1.29 is 4.74 Å². The van der Waals surface area contributed by atoms with Gasteiger partial charge in [-0.2, -0.15) is 5.26 Å². The molecule has 3 heteroatoms. The van der Waals surface area contributed by atoms with Crippen molar-refractivity contribution in [3.63, 3.8) is 0 Å². The number of para-hydroxylation sites is 1. The van der Waals surface area contributed by atoms with E-state index in [1.54, 1.807) is 0 Å². The van der Waals surface area contributed by atoms with E-state index in [0.717, 1.165) is 13.1 Å². The Balaban J connectivity index is 2.31. The lowest BCUT2D eigenvalue weighted by molar-refractivity contribution is 0.146. The molecule has 0 radical (unpaired) electrons. The Morgan fingerprint density at radius 1 is 1.25 bits per heavy atom. The average Bonchev–Trinajstić information content (AvgIpc) is 2.35. The number of hydrogen-bond acceptors (Lipinski definition) is 3. The van der Waals surface area contributed by atoms with Crippen LogP contribution < -0.4 is 4.90 Å². The van der Waals surface area contributed by atoms with E-state index >= 15 is 0 Å². The van der Waals surface area contributed by atoms with E-state index < -0.39 is 0 Å². The summed E-state index contributed by atoms with van der Waals surface area (Å²) in [5.41, 5.74) is 1.22. The molecule has 16 heavy (non-hydrogen) atoms. The van der Waals surface area contributed by atoms with Gasteiger partial charge in [-0.25, -0.2) is 0 Å². The molecule has 0 aliphatic heterocycles. The fraction of sp³-hybridized carbons (Fsp3) is 0.462. The summed E-state index contributed by atoms with van der Waals surface area (Å²) in [7, 11) is 0. The molecule has 0 atom stereocenters. The molecule has 1 aromatic carbocycles. The van der Waals surface area contributed by atoms with Gasteiger partial charge in [-0.05, 0) is 19.1 Å². The van der Waals surface area contributed by atoms with Gasteiger partial charge >= 0.3 is 0 Å². The normalized spacial score (nSPS) is 9.75. The Kier molecular flexibility index (Phi) is 6.05. The Hall–Kier alpha value is -1.53. The van der Waals surface area contributed by atoms with E-state index in [1.807, 2.05) is 18.2 Å². The molecule has 0 unspecified atom stereocenters. The number of hydrogen-bond donors (Lipinski definition) is 0. The van der Waals surface area contributed by atoms with Gasteiger partial charge in [0.25, 0.3) is 0 Å². The van der Waals surface area contributed by atoms with E-state index in [9.17, 15) is 0 Å². The zero-order chi connectivity index (χ0) is 11.6. The molecule has 0 aliphatic rings. The van der Waals surface area contributed by atoms with E-state index in [-0.39, 0.29) is 0 Å². The average molecular weight is 218 g/mol. The van der Waals surface area contributed by atoms with Crippen molar-refractivity contribution in [1.82, 2.24) is 0 Å². The molecule has 0 fully saturated rings. The maximum absolute atomic E-state index is 8.36. The zero-order valence-electron chi connectivity index (χ0n) is 9.72. The molecule has 0 aromatic heterocycles. The highest BCUT2D eigenvalue weighted by Crippen LogP contribution is 2.11. The van der Waals surface area contributed by atoms with Gasteiger partial charge < -0.3 is 9.64 Å². The van der Waals surface area contributed by atoms with Crippen LogP contribution in [0.2, 0.25) is 0 Å². The first kappa shape index (κ1) is 12.5. The predicted octanol–water partition coefficient (Wildman–Crippen LogP) is 2.44. The highest BCUT2D eigenvalue weighted by atomic mass is 16.5. The molecule has 0 aliphatic carbocycles. The first-order valence-corrected chi connectivity index (χ1v) is 5.63. The number of anilines is 1. The third-order valence-corrected chi connectivity index (χ3v) is 2.37. The first-order valence-electron chi connectivity index (χ1n) is 5.63. The highest BCUT2D eigenvalue weighted by Gasteiger charge is 2.02. The van der Waals surface area contributed by atoms with Crippen LogP contribution in [-0.4, -0.2) is 26.3 Å². The number of rotatable bonds is 7. The second kappa shape index (κ2) is 7.72. The Morgan fingerprint density at radius 2 is 2.00 bits per heavy atom. The Labute approximate surface area is 97.3 Å². The summed E-state index contributed by atoms with van der Waals surface area (Å²) < 4.78 is 5.36. The summed E-state index contributed by atoms with van der Waals surface area (Å²) in [5, 5.41) is 8.36. The number of nitriles is 1. The van der Waals surface area contributed by atoms with Gasteiger partial charge in [-0.1, -0.05) is 18.2 Å². The summed E-state index contributed by atoms with van der Waals surface area (Å²) in [6.45, 7) is 5.16. The number of ether oxygens (including phenoxy) is 1. The number of nitrogens with zero attached hydrogens (tertiary/aromatic N) is 2. The predicted molar refractivity (Wildman–Crippen MR) is 65.4 cm³/mol. The summed E-state index contributed by atoms with van der Waals surface area (Å²) in [6, 6.07) is 12.3. The monoisotopic (exact) mass is 218 g/mol. The zero-order valence-corrected chi connectivity index (χ0v) is 9.72. The second-order valence-electron chi connectivity index (χ2n) is 3.44. The maximum Gasteiger partial charge on any atom is 0.0645 e. The maximum atomic E-state index is 8.36. The minimum absolute atomic E-state index is 0.470. The van der Waals surface area contributed by atoms with Gasteiger partial charge in [-0.15, -0.1) is 0 Å². The number of benzene rings is 1. The third-order valence-electron chi connectivity index (χ3n) is 2.37.